The maximum Gasteiger partial charge on any atom is 0.408 e. The van der Waals surface area contributed by atoms with Crippen LogP contribution in [0.15, 0.2) is 12.2 Å². The second kappa shape index (κ2) is 3.95. The zero-order valence-electron chi connectivity index (χ0n) is 8.75. The molecular weight excluding hydrogens is 245 g/mol. The number of halogens is 4. The van der Waals surface area contributed by atoms with Gasteiger partial charge in [-0.25, -0.2) is 0 Å². The smallest absolute Gasteiger partial charge is 0.408 e. The lowest BCUT2D eigenvalue weighted by atomic mass is 10.1. The van der Waals surface area contributed by atoms with Crippen LogP contribution in [-0.4, -0.2) is 22.6 Å². The quantitative estimate of drug-likeness (QED) is 0.622. The maximum atomic E-state index is 12.1. The van der Waals surface area contributed by atoms with Gasteiger partial charge in [-0.15, -0.1) is 11.6 Å². The molecule has 1 saturated carbocycles. The monoisotopic (exact) mass is 256 g/mol. The van der Waals surface area contributed by atoms with Crippen LogP contribution in [0.4, 0.5) is 13.2 Å². The van der Waals surface area contributed by atoms with E-state index in [0.717, 1.165) is 6.08 Å². The van der Waals surface area contributed by atoms with Gasteiger partial charge in [0.05, 0.1) is 5.92 Å². The van der Waals surface area contributed by atoms with Gasteiger partial charge in [0.25, 0.3) is 0 Å². The minimum absolute atomic E-state index is 0.381. The van der Waals surface area contributed by atoms with Crippen LogP contribution in [0.25, 0.3) is 0 Å². The fraction of sp³-hybridized carbons (Fsp3) is 0.700. The van der Waals surface area contributed by atoms with Crippen molar-refractivity contribution >= 4 is 17.6 Å². The highest BCUT2D eigenvalue weighted by Gasteiger charge is 2.60. The first-order valence-corrected chi connectivity index (χ1v) is 5.14. The van der Waals surface area contributed by atoms with Gasteiger partial charge in [0, 0.05) is 0 Å². The molecule has 1 aliphatic carbocycles. The predicted octanol–water partition coefficient (Wildman–Crippen LogP) is 3.07. The fourth-order valence-electron chi connectivity index (χ4n) is 1.83. The van der Waals surface area contributed by atoms with Crippen molar-refractivity contribution in [2.75, 3.05) is 0 Å². The number of allylic oxidation sites excluding steroid dienone is 2. The van der Waals surface area contributed by atoms with Crippen molar-refractivity contribution in [3.05, 3.63) is 12.2 Å². The van der Waals surface area contributed by atoms with Gasteiger partial charge in [-0.3, -0.25) is 4.79 Å². The van der Waals surface area contributed by atoms with Crippen molar-refractivity contribution in [1.82, 2.24) is 0 Å². The van der Waals surface area contributed by atoms with Crippen molar-refractivity contribution < 1.29 is 23.1 Å². The molecule has 1 N–H and O–H groups in total. The van der Waals surface area contributed by atoms with Crippen molar-refractivity contribution in [2.24, 2.45) is 17.3 Å². The third-order valence-electron chi connectivity index (χ3n) is 2.98. The van der Waals surface area contributed by atoms with Gasteiger partial charge >= 0.3 is 12.1 Å². The van der Waals surface area contributed by atoms with Crippen LogP contribution in [0.3, 0.4) is 0 Å². The number of aliphatic carboxylic acids is 1. The second-order valence-electron chi connectivity index (χ2n) is 4.49. The van der Waals surface area contributed by atoms with Gasteiger partial charge in [-0.1, -0.05) is 26.0 Å². The molecule has 0 aromatic rings. The van der Waals surface area contributed by atoms with Gasteiger partial charge in [-0.05, 0) is 11.3 Å². The lowest BCUT2D eigenvalue weighted by Crippen LogP contribution is -2.20. The topological polar surface area (TPSA) is 37.3 Å². The fourth-order valence-corrected chi connectivity index (χ4v) is 1.92. The molecule has 0 heterocycles. The SMILES string of the molecule is CC1(C)C(C=CC(Cl)C(F)(F)F)C1C(=O)O. The highest BCUT2D eigenvalue weighted by Crippen LogP contribution is 2.59. The molecule has 0 aromatic carbocycles. The van der Waals surface area contributed by atoms with E-state index in [0.29, 0.717) is 0 Å². The summed E-state index contributed by atoms with van der Waals surface area (Å²) < 4.78 is 36.2. The summed E-state index contributed by atoms with van der Waals surface area (Å²) in [7, 11) is 0. The first-order chi connectivity index (χ1) is 7.08. The summed E-state index contributed by atoms with van der Waals surface area (Å²) in [4.78, 5) is 10.7. The van der Waals surface area contributed by atoms with E-state index in [-0.39, 0.29) is 5.92 Å². The Morgan fingerprint density at radius 2 is 2.00 bits per heavy atom. The van der Waals surface area contributed by atoms with Gasteiger partial charge in [0.1, 0.15) is 5.38 Å². The largest absolute Gasteiger partial charge is 0.481 e. The van der Waals surface area contributed by atoms with Gasteiger partial charge in [-0.2, -0.15) is 13.2 Å². The summed E-state index contributed by atoms with van der Waals surface area (Å²) in [6.45, 7) is 3.41. The molecule has 0 radical (unpaired) electrons. The molecule has 0 amide bonds. The molecule has 1 aliphatic rings. The van der Waals surface area contributed by atoms with Gasteiger partial charge < -0.3 is 5.11 Å². The number of hydrogen-bond donors (Lipinski definition) is 1. The zero-order valence-corrected chi connectivity index (χ0v) is 9.51. The van der Waals surface area contributed by atoms with E-state index in [4.69, 9.17) is 16.7 Å². The number of carboxylic acids is 1. The van der Waals surface area contributed by atoms with Crippen LogP contribution in [-0.2, 0) is 4.79 Å². The first-order valence-electron chi connectivity index (χ1n) is 4.70. The molecule has 1 fully saturated rings. The Labute approximate surface area is 96.1 Å². The van der Waals surface area contributed by atoms with Crippen LogP contribution in [0, 0.1) is 17.3 Å². The first kappa shape index (κ1) is 13.4. The summed E-state index contributed by atoms with van der Waals surface area (Å²) in [6.07, 6.45) is -2.42. The molecule has 0 aromatic heterocycles. The van der Waals surface area contributed by atoms with E-state index in [1.807, 2.05) is 0 Å². The minimum atomic E-state index is -4.49. The van der Waals surface area contributed by atoms with Crippen LogP contribution in [0.5, 0.6) is 0 Å². The standard InChI is InChI=1S/C10H12ClF3O2/c1-9(2)5(7(9)8(15)16)3-4-6(11)10(12,13)14/h3-7H,1-2H3,(H,15,16). The zero-order chi connectivity index (χ0) is 12.7. The Morgan fingerprint density at radius 1 is 1.50 bits per heavy atom. The summed E-state index contributed by atoms with van der Waals surface area (Å²) in [5, 5.41) is 6.74. The average molecular weight is 257 g/mol. The summed E-state index contributed by atoms with van der Waals surface area (Å²) in [6, 6.07) is 0. The van der Waals surface area contributed by atoms with Crippen LogP contribution in [0.1, 0.15) is 13.8 Å². The van der Waals surface area contributed by atoms with E-state index < -0.39 is 28.9 Å². The molecule has 0 spiro atoms. The van der Waals surface area contributed by atoms with E-state index in [2.05, 4.69) is 0 Å². The van der Waals surface area contributed by atoms with Crippen molar-refractivity contribution in [3.8, 4) is 0 Å². The minimum Gasteiger partial charge on any atom is -0.481 e. The number of carboxylic acid groups (broad SMARTS) is 1. The second-order valence-corrected chi connectivity index (χ2v) is 4.96. The third kappa shape index (κ3) is 2.51. The van der Waals surface area contributed by atoms with Crippen molar-refractivity contribution in [3.63, 3.8) is 0 Å². The van der Waals surface area contributed by atoms with Crippen molar-refractivity contribution in [1.29, 1.82) is 0 Å². The van der Waals surface area contributed by atoms with E-state index in [9.17, 15) is 18.0 Å². The number of rotatable bonds is 3. The molecule has 92 valence electrons. The van der Waals surface area contributed by atoms with E-state index in [1.54, 1.807) is 13.8 Å². The average Bonchev–Trinajstić information content (AvgIpc) is 2.62. The molecule has 16 heavy (non-hydrogen) atoms. The Balaban J connectivity index is 2.64. The van der Waals surface area contributed by atoms with E-state index >= 15 is 0 Å². The van der Waals surface area contributed by atoms with Crippen LogP contribution >= 0.6 is 11.6 Å². The molecule has 6 heteroatoms. The highest BCUT2D eigenvalue weighted by molar-refractivity contribution is 6.22. The summed E-state index contributed by atoms with van der Waals surface area (Å²) in [5.74, 6) is -1.99. The summed E-state index contributed by atoms with van der Waals surface area (Å²) in [5.41, 5.74) is -0.495. The normalized spacial score (nSPS) is 30.4. The molecule has 3 atom stereocenters. The molecule has 3 unspecified atom stereocenters. The van der Waals surface area contributed by atoms with Crippen LogP contribution in [0.2, 0.25) is 0 Å². The lowest BCUT2D eigenvalue weighted by molar-refractivity contribution is -0.139. The van der Waals surface area contributed by atoms with Crippen molar-refractivity contribution in [2.45, 2.75) is 25.4 Å². The lowest BCUT2D eigenvalue weighted by Gasteiger charge is -2.08. The molecule has 0 aliphatic heterocycles. The Morgan fingerprint density at radius 3 is 2.31 bits per heavy atom. The molecular formula is C10H12ClF3O2. The molecule has 0 bridgehead atoms. The number of hydrogen-bond acceptors (Lipinski definition) is 1. The Bertz CT molecular complexity index is 323. The Hall–Kier alpha value is -0.710. The summed E-state index contributed by atoms with van der Waals surface area (Å²) >= 11 is 5.09. The van der Waals surface area contributed by atoms with Gasteiger partial charge in [0.2, 0.25) is 0 Å². The Kier molecular flexibility index (Phi) is 3.29. The number of alkyl halides is 4. The maximum absolute atomic E-state index is 12.1. The molecule has 2 nitrogen and oxygen atoms in total. The third-order valence-corrected chi connectivity index (χ3v) is 3.37. The molecule has 1 rings (SSSR count). The predicted molar refractivity (Wildman–Crippen MR) is 53.2 cm³/mol. The van der Waals surface area contributed by atoms with Gasteiger partial charge in [0.15, 0.2) is 0 Å². The number of carbonyl (C=O) groups is 1. The highest BCUT2D eigenvalue weighted by atomic mass is 35.5. The van der Waals surface area contributed by atoms with Crippen LogP contribution < -0.4 is 0 Å². The molecule has 0 saturated heterocycles. The van der Waals surface area contributed by atoms with E-state index in [1.165, 1.54) is 6.08 Å².